The summed E-state index contributed by atoms with van der Waals surface area (Å²) in [6.45, 7) is 0. The molecular weight excluding hydrogens is 228 g/mol. The van der Waals surface area contributed by atoms with Gasteiger partial charge in [0.05, 0.1) is 7.11 Å². The molecule has 92 valence electrons. The Bertz CT molecular complexity index is 598. The predicted molar refractivity (Wildman–Crippen MR) is 68.3 cm³/mol. The topological polar surface area (TPSA) is 73.9 Å². The number of fused-ring (bicyclic) bond motifs is 1. The molecule has 2 N–H and O–H groups in total. The number of nitrogens with zero attached hydrogens (tertiary/aromatic N) is 3. The van der Waals surface area contributed by atoms with Crippen molar-refractivity contribution >= 4 is 5.82 Å². The highest BCUT2D eigenvalue weighted by Crippen LogP contribution is 2.27. The molecule has 2 heterocycles. The van der Waals surface area contributed by atoms with Gasteiger partial charge in [0, 0.05) is 17.3 Å². The Morgan fingerprint density at radius 1 is 1.17 bits per heavy atom. The maximum Gasteiger partial charge on any atom is 0.213 e. The summed E-state index contributed by atoms with van der Waals surface area (Å²) in [7, 11) is 1.59. The maximum atomic E-state index is 5.97. The lowest BCUT2D eigenvalue weighted by Gasteiger charge is -2.07. The Hall–Kier alpha value is -2.17. The third kappa shape index (κ3) is 1.77. The van der Waals surface area contributed by atoms with E-state index >= 15 is 0 Å². The first kappa shape index (κ1) is 11.0. The highest BCUT2D eigenvalue weighted by atomic mass is 16.5. The van der Waals surface area contributed by atoms with E-state index in [1.165, 1.54) is 0 Å². The normalized spacial score (nSPS) is 13.4. The van der Waals surface area contributed by atoms with Crippen molar-refractivity contribution in [3.05, 3.63) is 29.5 Å². The first-order valence-electron chi connectivity index (χ1n) is 5.94. The van der Waals surface area contributed by atoms with Crippen LogP contribution in [0.3, 0.4) is 0 Å². The molecule has 0 bridgehead atoms. The number of methoxy groups -OCH3 is 1. The summed E-state index contributed by atoms with van der Waals surface area (Å²) in [5, 5.41) is 0. The van der Waals surface area contributed by atoms with E-state index < -0.39 is 0 Å². The van der Waals surface area contributed by atoms with E-state index in [0.29, 0.717) is 23.2 Å². The molecule has 0 radical (unpaired) electrons. The van der Waals surface area contributed by atoms with Crippen molar-refractivity contribution < 1.29 is 4.74 Å². The van der Waals surface area contributed by atoms with Gasteiger partial charge in [0.2, 0.25) is 5.88 Å². The molecule has 0 unspecified atom stereocenters. The second-order valence-electron chi connectivity index (χ2n) is 4.28. The van der Waals surface area contributed by atoms with Crippen LogP contribution in [0, 0.1) is 0 Å². The molecule has 2 aromatic rings. The van der Waals surface area contributed by atoms with Gasteiger partial charge in [-0.1, -0.05) is 6.07 Å². The van der Waals surface area contributed by atoms with Crippen LogP contribution in [-0.4, -0.2) is 22.1 Å². The van der Waals surface area contributed by atoms with Gasteiger partial charge in [0.15, 0.2) is 5.82 Å². The second-order valence-corrected chi connectivity index (χ2v) is 4.28. The highest BCUT2D eigenvalue weighted by molar-refractivity contribution is 5.56. The minimum atomic E-state index is 0.551. The van der Waals surface area contributed by atoms with Crippen molar-refractivity contribution in [1.82, 2.24) is 15.0 Å². The summed E-state index contributed by atoms with van der Waals surface area (Å²) in [4.78, 5) is 13.2. The number of aryl methyl sites for hydroxylation is 1. The molecule has 5 heteroatoms. The lowest BCUT2D eigenvalue weighted by atomic mass is 10.2. The van der Waals surface area contributed by atoms with E-state index in [1.807, 2.05) is 12.1 Å². The maximum absolute atomic E-state index is 5.97. The summed E-state index contributed by atoms with van der Waals surface area (Å²) in [5.74, 6) is 1.71. The van der Waals surface area contributed by atoms with Crippen LogP contribution in [0.25, 0.3) is 11.5 Å². The van der Waals surface area contributed by atoms with Crippen LogP contribution >= 0.6 is 0 Å². The van der Waals surface area contributed by atoms with Gasteiger partial charge in [-0.3, -0.25) is 0 Å². The fourth-order valence-corrected chi connectivity index (χ4v) is 2.23. The molecule has 0 fully saturated rings. The van der Waals surface area contributed by atoms with Crippen LogP contribution in [0.4, 0.5) is 5.82 Å². The Balaban J connectivity index is 2.09. The summed E-state index contributed by atoms with van der Waals surface area (Å²) in [6.07, 6.45) is 3.05. The molecule has 18 heavy (non-hydrogen) atoms. The van der Waals surface area contributed by atoms with E-state index in [0.717, 1.165) is 30.5 Å². The zero-order valence-corrected chi connectivity index (χ0v) is 10.2. The number of aromatic nitrogens is 3. The van der Waals surface area contributed by atoms with Crippen LogP contribution in [0.2, 0.25) is 0 Å². The minimum absolute atomic E-state index is 0.551. The quantitative estimate of drug-likeness (QED) is 0.866. The molecule has 0 aliphatic heterocycles. The Morgan fingerprint density at radius 3 is 2.89 bits per heavy atom. The molecule has 0 saturated heterocycles. The molecular formula is C13H14N4O. The third-order valence-electron chi connectivity index (χ3n) is 3.13. The molecule has 1 aliphatic rings. The molecule has 0 amide bonds. The van der Waals surface area contributed by atoms with E-state index in [4.69, 9.17) is 10.5 Å². The van der Waals surface area contributed by atoms with E-state index in [2.05, 4.69) is 15.0 Å². The first-order valence-corrected chi connectivity index (χ1v) is 5.94. The average molecular weight is 242 g/mol. The van der Waals surface area contributed by atoms with Gasteiger partial charge in [-0.25, -0.2) is 15.0 Å². The minimum Gasteiger partial charge on any atom is -0.481 e. The van der Waals surface area contributed by atoms with Gasteiger partial charge in [0.1, 0.15) is 11.5 Å². The van der Waals surface area contributed by atoms with Crippen LogP contribution in [0.15, 0.2) is 18.2 Å². The lowest BCUT2D eigenvalue weighted by Crippen LogP contribution is -2.03. The van der Waals surface area contributed by atoms with Crippen molar-refractivity contribution in [2.24, 2.45) is 0 Å². The van der Waals surface area contributed by atoms with Crippen LogP contribution in [0.5, 0.6) is 5.88 Å². The molecule has 0 aromatic carbocycles. The summed E-state index contributed by atoms with van der Waals surface area (Å²) in [5.41, 5.74) is 8.82. The van der Waals surface area contributed by atoms with Crippen molar-refractivity contribution in [2.75, 3.05) is 12.8 Å². The molecule has 5 nitrogen and oxygen atoms in total. The van der Waals surface area contributed by atoms with Crippen LogP contribution in [-0.2, 0) is 12.8 Å². The number of rotatable bonds is 2. The SMILES string of the molecule is COc1cccc(-c2nc(N)c3c(n2)CCC3)n1. The number of ether oxygens (including phenoxy) is 1. The zero-order valence-electron chi connectivity index (χ0n) is 10.2. The van der Waals surface area contributed by atoms with Gasteiger partial charge in [-0.15, -0.1) is 0 Å². The molecule has 0 atom stereocenters. The summed E-state index contributed by atoms with van der Waals surface area (Å²) in [6, 6.07) is 5.52. The second kappa shape index (κ2) is 4.25. The standard InChI is InChI=1S/C13H14N4O/c1-18-11-7-3-6-10(15-11)13-16-9-5-2-4-8(9)12(14)17-13/h3,6-7H,2,4-5H2,1H3,(H2,14,16,17). The molecule has 2 aromatic heterocycles. The number of hydrogen-bond donors (Lipinski definition) is 1. The number of anilines is 1. The lowest BCUT2D eigenvalue weighted by molar-refractivity contribution is 0.398. The largest absolute Gasteiger partial charge is 0.481 e. The van der Waals surface area contributed by atoms with E-state index in [9.17, 15) is 0 Å². The molecule has 0 saturated carbocycles. The van der Waals surface area contributed by atoms with Gasteiger partial charge in [0.25, 0.3) is 0 Å². The average Bonchev–Trinajstić information content (AvgIpc) is 2.87. The fraction of sp³-hybridized carbons (Fsp3) is 0.308. The van der Waals surface area contributed by atoms with Crippen LogP contribution < -0.4 is 10.5 Å². The monoisotopic (exact) mass is 242 g/mol. The zero-order chi connectivity index (χ0) is 12.5. The van der Waals surface area contributed by atoms with Crippen LogP contribution in [0.1, 0.15) is 17.7 Å². The highest BCUT2D eigenvalue weighted by Gasteiger charge is 2.18. The number of hydrogen-bond acceptors (Lipinski definition) is 5. The van der Waals surface area contributed by atoms with E-state index in [1.54, 1.807) is 13.2 Å². The fourth-order valence-electron chi connectivity index (χ4n) is 2.23. The Morgan fingerprint density at radius 2 is 2.06 bits per heavy atom. The molecule has 0 spiro atoms. The number of nitrogen functional groups attached to an aromatic ring is 1. The number of nitrogens with two attached hydrogens (primary N) is 1. The van der Waals surface area contributed by atoms with Crippen molar-refractivity contribution in [3.8, 4) is 17.4 Å². The van der Waals surface area contributed by atoms with Gasteiger partial charge in [-0.05, 0) is 25.3 Å². The smallest absolute Gasteiger partial charge is 0.213 e. The van der Waals surface area contributed by atoms with Gasteiger partial charge in [-0.2, -0.15) is 0 Å². The Kier molecular flexibility index (Phi) is 2.59. The van der Waals surface area contributed by atoms with Gasteiger partial charge < -0.3 is 10.5 Å². The molecule has 1 aliphatic carbocycles. The number of pyridine rings is 1. The van der Waals surface area contributed by atoms with Crippen molar-refractivity contribution in [1.29, 1.82) is 0 Å². The Labute approximate surface area is 105 Å². The third-order valence-corrected chi connectivity index (χ3v) is 3.13. The predicted octanol–water partition coefficient (Wildman–Crippen LogP) is 1.62. The van der Waals surface area contributed by atoms with Crippen molar-refractivity contribution in [2.45, 2.75) is 19.3 Å². The molecule has 3 rings (SSSR count). The summed E-state index contributed by atoms with van der Waals surface area (Å²) >= 11 is 0. The van der Waals surface area contributed by atoms with Crippen molar-refractivity contribution in [3.63, 3.8) is 0 Å². The van der Waals surface area contributed by atoms with Gasteiger partial charge >= 0.3 is 0 Å². The van der Waals surface area contributed by atoms with E-state index in [-0.39, 0.29) is 0 Å². The first-order chi connectivity index (χ1) is 8.78. The summed E-state index contributed by atoms with van der Waals surface area (Å²) < 4.78 is 5.10.